The minimum absolute atomic E-state index is 0.770. The van der Waals surface area contributed by atoms with Gasteiger partial charge in [-0.05, 0) is 24.3 Å². The molecule has 2 rings (SSSR count). The number of hydrogen-bond donors (Lipinski definition) is 1. The fourth-order valence-electron chi connectivity index (χ4n) is 1.39. The minimum Gasteiger partial charge on any atom is -0.380 e. The third-order valence-electron chi connectivity index (χ3n) is 2.42. The van der Waals surface area contributed by atoms with E-state index in [9.17, 15) is 0 Å². The van der Waals surface area contributed by atoms with Crippen molar-refractivity contribution in [3.63, 3.8) is 0 Å². The second-order valence-electron chi connectivity index (χ2n) is 3.78. The molecule has 0 amide bonds. The topological polar surface area (TPSA) is 21.3 Å². The molecule has 1 N–H and O–H groups in total. The van der Waals surface area contributed by atoms with E-state index in [4.69, 9.17) is 16.3 Å². The molecule has 1 aromatic rings. The second kappa shape index (κ2) is 5.85. The molecule has 0 spiro atoms. The number of halogens is 1. The molecule has 2 nitrogen and oxygen atoms in total. The van der Waals surface area contributed by atoms with Crippen LogP contribution in [-0.4, -0.2) is 25.8 Å². The number of ether oxygens (including phenoxy) is 1. The number of thiophene rings is 1. The molecule has 1 heterocycles. The van der Waals surface area contributed by atoms with Gasteiger partial charge in [0.2, 0.25) is 0 Å². The van der Waals surface area contributed by atoms with Crippen LogP contribution in [0.5, 0.6) is 0 Å². The lowest BCUT2D eigenvalue weighted by atomic mass is 10.3. The van der Waals surface area contributed by atoms with Crippen LogP contribution in [0.1, 0.15) is 17.7 Å². The number of hydrogen-bond acceptors (Lipinski definition) is 3. The molecule has 0 aromatic carbocycles. The Kier molecular flexibility index (Phi) is 4.44. The Balaban J connectivity index is 1.49. The van der Waals surface area contributed by atoms with Crippen LogP contribution in [0.4, 0.5) is 0 Å². The number of nitrogens with one attached hydrogen (secondary N) is 1. The predicted molar refractivity (Wildman–Crippen MR) is 64.9 cm³/mol. The van der Waals surface area contributed by atoms with Gasteiger partial charge in [0.25, 0.3) is 0 Å². The summed E-state index contributed by atoms with van der Waals surface area (Å²) in [6.07, 6.45) is 3.61. The summed E-state index contributed by atoms with van der Waals surface area (Å²) in [7, 11) is 0. The smallest absolute Gasteiger partial charge is 0.0591 e. The lowest BCUT2D eigenvalue weighted by molar-refractivity contribution is 0.139. The summed E-state index contributed by atoms with van der Waals surface area (Å²) in [5.41, 5.74) is 0. The Hall–Kier alpha value is -0.0900. The molecule has 1 aliphatic rings. The van der Waals surface area contributed by atoms with Gasteiger partial charge in [-0.1, -0.05) is 11.6 Å². The lowest BCUT2D eigenvalue weighted by Gasteiger charge is -2.04. The Bertz CT molecular complexity index is 299. The first-order valence-electron chi connectivity index (χ1n) is 5.39. The molecule has 0 unspecified atom stereocenters. The summed E-state index contributed by atoms with van der Waals surface area (Å²) in [6, 6.07) is 2.72. The third kappa shape index (κ3) is 4.11. The molecule has 1 saturated carbocycles. The highest BCUT2D eigenvalue weighted by Crippen LogP contribution is 2.22. The van der Waals surface area contributed by atoms with Gasteiger partial charge in [-0.2, -0.15) is 0 Å². The van der Waals surface area contributed by atoms with Crippen molar-refractivity contribution in [2.45, 2.75) is 25.3 Å². The standard InChI is InChI=1S/C11H16ClNOS/c12-10-4-8-15-11(10)3-6-14-7-5-13-9-1-2-9/h4,8-9,13H,1-3,5-7H2. The summed E-state index contributed by atoms with van der Waals surface area (Å²) in [6.45, 7) is 2.55. The highest BCUT2D eigenvalue weighted by atomic mass is 35.5. The molecule has 1 fully saturated rings. The highest BCUT2D eigenvalue weighted by molar-refractivity contribution is 7.10. The van der Waals surface area contributed by atoms with Crippen LogP contribution in [0.25, 0.3) is 0 Å². The summed E-state index contributed by atoms with van der Waals surface area (Å²) >= 11 is 7.67. The molecule has 0 aliphatic heterocycles. The van der Waals surface area contributed by atoms with Crippen LogP contribution >= 0.6 is 22.9 Å². The highest BCUT2D eigenvalue weighted by Gasteiger charge is 2.19. The molecule has 1 aliphatic carbocycles. The average Bonchev–Trinajstić information content (AvgIpc) is 2.96. The first-order valence-corrected chi connectivity index (χ1v) is 6.65. The molecule has 0 saturated heterocycles. The Morgan fingerprint density at radius 3 is 3.00 bits per heavy atom. The Morgan fingerprint density at radius 2 is 2.33 bits per heavy atom. The molecule has 0 atom stereocenters. The Labute approximate surface area is 99.6 Å². The largest absolute Gasteiger partial charge is 0.380 e. The van der Waals surface area contributed by atoms with Crippen LogP contribution in [-0.2, 0) is 11.2 Å². The average molecular weight is 246 g/mol. The predicted octanol–water partition coefficient (Wildman–Crippen LogP) is 2.71. The van der Waals surface area contributed by atoms with E-state index < -0.39 is 0 Å². The van der Waals surface area contributed by atoms with E-state index in [0.717, 1.165) is 37.2 Å². The molecule has 1 aromatic heterocycles. The van der Waals surface area contributed by atoms with Crippen molar-refractivity contribution >= 4 is 22.9 Å². The SMILES string of the molecule is Clc1ccsc1CCOCCNC1CC1. The van der Waals surface area contributed by atoms with Gasteiger partial charge in [0.1, 0.15) is 0 Å². The maximum absolute atomic E-state index is 5.97. The van der Waals surface area contributed by atoms with Crippen molar-refractivity contribution < 1.29 is 4.74 Å². The van der Waals surface area contributed by atoms with E-state index >= 15 is 0 Å². The zero-order valence-electron chi connectivity index (χ0n) is 8.67. The molecule has 0 bridgehead atoms. The van der Waals surface area contributed by atoms with Gasteiger partial charge in [0.05, 0.1) is 18.2 Å². The van der Waals surface area contributed by atoms with Crippen molar-refractivity contribution in [1.82, 2.24) is 5.32 Å². The third-order valence-corrected chi connectivity index (χ3v) is 3.87. The lowest BCUT2D eigenvalue weighted by Crippen LogP contribution is -2.22. The molecule has 0 radical (unpaired) electrons. The summed E-state index contributed by atoms with van der Waals surface area (Å²) in [5.74, 6) is 0. The fourth-order valence-corrected chi connectivity index (χ4v) is 2.51. The number of rotatable bonds is 7. The quantitative estimate of drug-likeness (QED) is 0.746. The first kappa shape index (κ1) is 11.4. The van der Waals surface area contributed by atoms with Gasteiger partial charge in [-0.15, -0.1) is 11.3 Å². The van der Waals surface area contributed by atoms with Crippen LogP contribution in [0.3, 0.4) is 0 Å². The van der Waals surface area contributed by atoms with Crippen LogP contribution in [0, 0.1) is 0 Å². The molecule has 15 heavy (non-hydrogen) atoms. The van der Waals surface area contributed by atoms with E-state index in [2.05, 4.69) is 5.32 Å². The van der Waals surface area contributed by atoms with E-state index in [-0.39, 0.29) is 0 Å². The zero-order chi connectivity index (χ0) is 10.5. The van der Waals surface area contributed by atoms with E-state index in [1.165, 1.54) is 17.7 Å². The van der Waals surface area contributed by atoms with Crippen LogP contribution in [0.2, 0.25) is 5.02 Å². The van der Waals surface area contributed by atoms with Gasteiger partial charge in [-0.3, -0.25) is 0 Å². The van der Waals surface area contributed by atoms with Crippen molar-refractivity contribution in [1.29, 1.82) is 0 Å². The van der Waals surface area contributed by atoms with Gasteiger partial charge in [0.15, 0.2) is 0 Å². The molecular weight excluding hydrogens is 230 g/mol. The maximum atomic E-state index is 5.97. The van der Waals surface area contributed by atoms with Crippen LogP contribution < -0.4 is 5.32 Å². The van der Waals surface area contributed by atoms with Gasteiger partial charge < -0.3 is 10.1 Å². The van der Waals surface area contributed by atoms with Crippen molar-refractivity contribution in [3.8, 4) is 0 Å². The van der Waals surface area contributed by atoms with Crippen molar-refractivity contribution in [2.75, 3.05) is 19.8 Å². The normalized spacial score (nSPS) is 15.8. The Morgan fingerprint density at radius 1 is 1.47 bits per heavy atom. The van der Waals surface area contributed by atoms with Crippen LogP contribution in [0.15, 0.2) is 11.4 Å². The van der Waals surface area contributed by atoms with E-state index in [1.54, 1.807) is 11.3 Å². The van der Waals surface area contributed by atoms with Gasteiger partial charge in [0, 0.05) is 23.9 Å². The summed E-state index contributed by atoms with van der Waals surface area (Å²) in [5, 5.41) is 6.31. The summed E-state index contributed by atoms with van der Waals surface area (Å²) in [4.78, 5) is 1.23. The van der Waals surface area contributed by atoms with E-state index in [0.29, 0.717) is 0 Å². The molecule has 4 heteroatoms. The van der Waals surface area contributed by atoms with E-state index in [1.807, 2.05) is 11.4 Å². The maximum Gasteiger partial charge on any atom is 0.0591 e. The minimum atomic E-state index is 0.770. The van der Waals surface area contributed by atoms with Crippen molar-refractivity contribution in [2.24, 2.45) is 0 Å². The zero-order valence-corrected chi connectivity index (χ0v) is 10.2. The first-order chi connectivity index (χ1) is 7.36. The van der Waals surface area contributed by atoms with Gasteiger partial charge >= 0.3 is 0 Å². The van der Waals surface area contributed by atoms with Gasteiger partial charge in [-0.25, -0.2) is 0 Å². The monoisotopic (exact) mass is 245 g/mol. The van der Waals surface area contributed by atoms with Crippen molar-refractivity contribution in [3.05, 3.63) is 21.3 Å². The molecular formula is C11H16ClNOS. The summed E-state index contributed by atoms with van der Waals surface area (Å²) < 4.78 is 5.53. The fraction of sp³-hybridized carbons (Fsp3) is 0.636. The molecule has 84 valence electrons. The second-order valence-corrected chi connectivity index (χ2v) is 5.19.